The van der Waals surface area contributed by atoms with Crippen LogP contribution in [0.3, 0.4) is 0 Å². The number of ether oxygens (including phenoxy) is 1. The van der Waals surface area contributed by atoms with E-state index in [4.69, 9.17) is 10.5 Å². The molecule has 0 aliphatic carbocycles. The Morgan fingerprint density at radius 1 is 1.26 bits per heavy atom. The summed E-state index contributed by atoms with van der Waals surface area (Å²) in [6, 6.07) is 6.25. The minimum absolute atomic E-state index is 0.282. The monoisotopic (exact) mass is 261 g/mol. The number of rotatable bonds is 3. The van der Waals surface area contributed by atoms with E-state index in [0.717, 1.165) is 10.8 Å². The van der Waals surface area contributed by atoms with Crippen LogP contribution in [-0.4, -0.2) is 22.6 Å². The molecule has 2 aromatic rings. The van der Waals surface area contributed by atoms with E-state index in [2.05, 4.69) is 4.98 Å². The Kier molecular flexibility index (Phi) is 3.19. The summed E-state index contributed by atoms with van der Waals surface area (Å²) in [6.07, 6.45) is 1.01. The molecular weight excluding hydrogens is 250 g/mol. The molecule has 0 saturated heterocycles. The molecular formula is C12H11N3O4. The predicted octanol–water partition coefficient (Wildman–Crippen LogP) is -0.367. The second-order valence-electron chi connectivity index (χ2n) is 3.71. The number of nitrogens with zero attached hydrogens (tertiary/aromatic N) is 1. The number of H-pyrrole nitrogens is 1. The van der Waals surface area contributed by atoms with Crippen LogP contribution in [0.25, 0.3) is 5.69 Å². The fraction of sp³-hybridized carbons (Fsp3) is 0.0833. The number of aromatic amines is 1. The summed E-state index contributed by atoms with van der Waals surface area (Å²) in [4.78, 5) is 37.1. The third-order valence-corrected chi connectivity index (χ3v) is 2.57. The number of primary amides is 1. The maximum absolute atomic E-state index is 12.0. The molecule has 0 unspecified atom stereocenters. The quantitative estimate of drug-likeness (QED) is 0.786. The average Bonchev–Trinajstić information content (AvgIpc) is 2.39. The van der Waals surface area contributed by atoms with Crippen molar-refractivity contribution in [2.45, 2.75) is 0 Å². The van der Waals surface area contributed by atoms with Gasteiger partial charge in [0.15, 0.2) is 0 Å². The van der Waals surface area contributed by atoms with Crippen LogP contribution in [0.15, 0.2) is 40.1 Å². The smallest absolute Gasteiger partial charge is 0.333 e. The lowest BCUT2D eigenvalue weighted by Gasteiger charge is -2.06. The average molecular weight is 261 g/mol. The van der Waals surface area contributed by atoms with Gasteiger partial charge in [0.1, 0.15) is 11.3 Å². The first-order valence-corrected chi connectivity index (χ1v) is 5.33. The van der Waals surface area contributed by atoms with Crippen molar-refractivity contribution in [3.8, 4) is 11.4 Å². The first-order valence-electron chi connectivity index (χ1n) is 5.33. The fourth-order valence-corrected chi connectivity index (χ4v) is 1.62. The molecule has 7 heteroatoms. The summed E-state index contributed by atoms with van der Waals surface area (Å²) >= 11 is 0. The molecule has 0 spiro atoms. The van der Waals surface area contributed by atoms with E-state index in [1.165, 1.54) is 19.2 Å². The van der Waals surface area contributed by atoms with Crippen LogP contribution in [0.1, 0.15) is 10.4 Å². The largest absolute Gasteiger partial charge is 0.497 e. The molecule has 3 N–H and O–H groups in total. The molecule has 1 amide bonds. The van der Waals surface area contributed by atoms with Gasteiger partial charge in [-0.05, 0) is 24.3 Å². The van der Waals surface area contributed by atoms with Gasteiger partial charge in [-0.2, -0.15) is 0 Å². The summed E-state index contributed by atoms with van der Waals surface area (Å²) < 4.78 is 5.81. The Hall–Kier alpha value is -2.83. The van der Waals surface area contributed by atoms with Gasteiger partial charge in [-0.15, -0.1) is 0 Å². The fourth-order valence-electron chi connectivity index (χ4n) is 1.62. The number of nitrogens with one attached hydrogen (secondary N) is 1. The highest BCUT2D eigenvalue weighted by molar-refractivity contribution is 5.92. The van der Waals surface area contributed by atoms with Crippen LogP contribution >= 0.6 is 0 Å². The minimum Gasteiger partial charge on any atom is -0.497 e. The lowest BCUT2D eigenvalue weighted by Crippen LogP contribution is -2.38. The second-order valence-corrected chi connectivity index (χ2v) is 3.71. The van der Waals surface area contributed by atoms with Gasteiger partial charge >= 0.3 is 5.69 Å². The van der Waals surface area contributed by atoms with Crippen molar-refractivity contribution in [2.75, 3.05) is 7.11 Å². The zero-order valence-corrected chi connectivity index (χ0v) is 10.0. The SMILES string of the molecule is COc1ccc(-n2c(=O)[nH]cc(C(N)=O)c2=O)cc1. The number of hydrogen-bond donors (Lipinski definition) is 2. The van der Waals surface area contributed by atoms with Gasteiger partial charge < -0.3 is 15.5 Å². The number of carbonyl (C=O) groups excluding carboxylic acids is 1. The van der Waals surface area contributed by atoms with E-state index in [1.807, 2.05) is 0 Å². The molecule has 0 radical (unpaired) electrons. The summed E-state index contributed by atoms with van der Waals surface area (Å²) in [6.45, 7) is 0. The summed E-state index contributed by atoms with van der Waals surface area (Å²) in [7, 11) is 1.50. The van der Waals surface area contributed by atoms with Crippen molar-refractivity contribution in [3.63, 3.8) is 0 Å². The number of aromatic nitrogens is 2. The number of methoxy groups -OCH3 is 1. The van der Waals surface area contributed by atoms with E-state index in [0.29, 0.717) is 11.4 Å². The van der Waals surface area contributed by atoms with Crippen LogP contribution in [0.5, 0.6) is 5.75 Å². The molecule has 0 aliphatic heterocycles. The lowest BCUT2D eigenvalue weighted by molar-refractivity contribution is 0.0998. The van der Waals surface area contributed by atoms with Crippen LogP contribution in [-0.2, 0) is 0 Å². The first-order chi connectivity index (χ1) is 9.04. The van der Waals surface area contributed by atoms with Gasteiger partial charge in [0.05, 0.1) is 12.8 Å². The van der Waals surface area contributed by atoms with Crippen LogP contribution in [0.4, 0.5) is 0 Å². The Labute approximate surface area is 107 Å². The van der Waals surface area contributed by atoms with Gasteiger partial charge in [-0.3, -0.25) is 9.59 Å². The number of amides is 1. The number of hydrogen-bond acceptors (Lipinski definition) is 4. The van der Waals surface area contributed by atoms with Crippen molar-refractivity contribution in [1.29, 1.82) is 0 Å². The topological polar surface area (TPSA) is 107 Å². The van der Waals surface area contributed by atoms with E-state index in [1.54, 1.807) is 12.1 Å². The van der Waals surface area contributed by atoms with Crippen molar-refractivity contribution in [2.24, 2.45) is 5.73 Å². The third-order valence-electron chi connectivity index (χ3n) is 2.57. The predicted molar refractivity (Wildman–Crippen MR) is 67.7 cm³/mol. The highest BCUT2D eigenvalue weighted by Crippen LogP contribution is 2.12. The molecule has 0 bridgehead atoms. The molecule has 7 nitrogen and oxygen atoms in total. The standard InChI is InChI=1S/C12H11N3O4/c1-19-8-4-2-7(3-5-8)15-11(17)9(10(13)16)6-14-12(15)18/h2-6H,1H3,(H2,13,16)(H,14,18). The maximum Gasteiger partial charge on any atom is 0.333 e. The molecule has 0 saturated carbocycles. The summed E-state index contributed by atoms with van der Waals surface area (Å²) in [5.41, 5.74) is 3.68. The normalized spacial score (nSPS) is 10.2. The first kappa shape index (κ1) is 12.6. The Bertz CT molecular complexity index is 728. The molecule has 0 atom stereocenters. The molecule has 19 heavy (non-hydrogen) atoms. The van der Waals surface area contributed by atoms with Crippen molar-refractivity contribution in [3.05, 3.63) is 56.9 Å². The number of nitrogens with two attached hydrogens (primary N) is 1. The van der Waals surface area contributed by atoms with Crippen molar-refractivity contribution >= 4 is 5.91 Å². The number of benzene rings is 1. The maximum atomic E-state index is 12.0. The molecule has 1 heterocycles. The van der Waals surface area contributed by atoms with E-state index in [-0.39, 0.29) is 5.56 Å². The van der Waals surface area contributed by atoms with Crippen LogP contribution in [0.2, 0.25) is 0 Å². The lowest BCUT2D eigenvalue weighted by atomic mass is 10.2. The zero-order valence-electron chi connectivity index (χ0n) is 10.0. The molecule has 1 aromatic heterocycles. The Morgan fingerprint density at radius 3 is 2.42 bits per heavy atom. The van der Waals surface area contributed by atoms with Crippen molar-refractivity contribution < 1.29 is 9.53 Å². The molecule has 0 fully saturated rings. The molecule has 2 rings (SSSR count). The highest BCUT2D eigenvalue weighted by atomic mass is 16.5. The number of carbonyl (C=O) groups is 1. The van der Waals surface area contributed by atoms with E-state index < -0.39 is 17.2 Å². The van der Waals surface area contributed by atoms with Gasteiger partial charge in [-0.25, -0.2) is 9.36 Å². The third kappa shape index (κ3) is 2.25. The van der Waals surface area contributed by atoms with E-state index >= 15 is 0 Å². The highest BCUT2D eigenvalue weighted by Gasteiger charge is 2.12. The van der Waals surface area contributed by atoms with Crippen LogP contribution in [0, 0.1) is 0 Å². The molecule has 1 aromatic carbocycles. The summed E-state index contributed by atoms with van der Waals surface area (Å²) in [5, 5.41) is 0. The van der Waals surface area contributed by atoms with Gasteiger partial charge in [0.2, 0.25) is 0 Å². The zero-order chi connectivity index (χ0) is 14.0. The van der Waals surface area contributed by atoms with Gasteiger partial charge in [0.25, 0.3) is 11.5 Å². The van der Waals surface area contributed by atoms with Gasteiger partial charge in [-0.1, -0.05) is 0 Å². The molecule has 0 aliphatic rings. The van der Waals surface area contributed by atoms with Crippen LogP contribution < -0.4 is 21.7 Å². The Balaban J connectivity index is 2.67. The Morgan fingerprint density at radius 2 is 1.89 bits per heavy atom. The minimum atomic E-state index is -0.900. The molecule has 98 valence electrons. The summed E-state index contributed by atoms with van der Waals surface area (Å²) in [5.74, 6) is -0.317. The second kappa shape index (κ2) is 4.81. The van der Waals surface area contributed by atoms with Crippen molar-refractivity contribution in [1.82, 2.24) is 9.55 Å². The van der Waals surface area contributed by atoms with Gasteiger partial charge in [0, 0.05) is 6.20 Å². The van der Waals surface area contributed by atoms with E-state index in [9.17, 15) is 14.4 Å².